The zero-order chi connectivity index (χ0) is 56.2. The van der Waals surface area contributed by atoms with E-state index in [2.05, 4.69) is 114 Å². The predicted molar refractivity (Wildman–Crippen MR) is 359 cm³/mol. The maximum atomic E-state index is 5.86. The number of unbranched alkanes of at least 4 members (excludes halogenated alkanes) is 43. The Morgan fingerprint density at radius 2 is 0.541 bits per heavy atom. The quantitative estimate of drug-likeness (QED) is 0.0187. The molecule has 1 saturated heterocycles. The van der Waals surface area contributed by atoms with Crippen LogP contribution in [0.25, 0.3) is 0 Å². The van der Waals surface area contributed by atoms with Gasteiger partial charge in [0.1, 0.15) is 0 Å². The molecular weight excluding hydrogens is 1100 g/mol. The van der Waals surface area contributed by atoms with Gasteiger partial charge in [-0.1, -0.05) is 352 Å². The fourth-order valence-electron chi connectivity index (χ4n) is 9.48. The number of alkyl halides is 3. The molecule has 1 rings (SSSR count). The summed E-state index contributed by atoms with van der Waals surface area (Å²) < 4.78 is 1.37. The minimum absolute atomic E-state index is 0.750. The summed E-state index contributed by atoms with van der Waals surface area (Å²) in [6.07, 6.45) is 72.2. The summed E-state index contributed by atoms with van der Waals surface area (Å²) in [5.74, 6) is 0. The first kappa shape index (κ1) is 86.0. The van der Waals surface area contributed by atoms with Gasteiger partial charge in [-0.25, -0.2) is 0 Å². The molecule has 0 spiro atoms. The number of nitrogens with zero attached hydrogens (tertiary/aromatic N) is 1. The Morgan fingerprint density at radius 3 is 0.757 bits per heavy atom. The van der Waals surface area contributed by atoms with E-state index in [0.717, 1.165) is 17.9 Å². The van der Waals surface area contributed by atoms with Gasteiger partial charge in [0.05, 0.1) is 26.7 Å². The zero-order valence-electron chi connectivity index (χ0n) is 52.5. The van der Waals surface area contributed by atoms with Gasteiger partial charge >= 0.3 is 18.2 Å². The van der Waals surface area contributed by atoms with Gasteiger partial charge in [0.15, 0.2) is 0 Å². The molecular formula is C66H143BBr3N4+. The van der Waals surface area contributed by atoms with Crippen molar-refractivity contribution in [3.05, 3.63) is 13.2 Å². The van der Waals surface area contributed by atoms with Gasteiger partial charge in [-0.3, -0.25) is 0 Å². The third kappa shape index (κ3) is 98.2. The Bertz CT molecular complexity index is 820. The van der Waals surface area contributed by atoms with Crippen molar-refractivity contribution in [3.8, 4) is 0 Å². The van der Waals surface area contributed by atoms with Gasteiger partial charge in [0.25, 0.3) is 0 Å². The molecule has 1 fully saturated rings. The second-order valence-corrected chi connectivity index (χ2v) is 24.4. The van der Waals surface area contributed by atoms with Crippen LogP contribution in [-0.2, 0) is 0 Å². The Morgan fingerprint density at radius 1 is 0.365 bits per heavy atom. The van der Waals surface area contributed by atoms with Crippen LogP contribution in [0.4, 0.5) is 0 Å². The van der Waals surface area contributed by atoms with E-state index in [1.54, 1.807) is 0 Å². The minimum atomic E-state index is 0.750. The Hall–Kier alpha value is 0.765. The van der Waals surface area contributed by atoms with Crippen molar-refractivity contribution in [3.63, 3.8) is 0 Å². The SMILES string of the molecule is BrCCCCBr.C=C.CCCCCC.CCCCCCCCCCCCCCCCBr.CCCCCCCCCCCCCCCCNC.CCCCCCCCCCCCCCCC[N+]1(C)CCCC1.N=BN. The molecule has 0 unspecified atom stereocenters. The number of halogens is 3. The van der Waals surface area contributed by atoms with Crippen LogP contribution in [-0.4, -0.2) is 68.0 Å². The molecule has 1 aliphatic rings. The number of nitrogens with two attached hydrogens (primary N) is 1. The number of rotatable bonds is 50. The molecule has 0 aromatic rings. The first-order valence-corrected chi connectivity index (χ1v) is 36.6. The van der Waals surface area contributed by atoms with Gasteiger partial charge in [0, 0.05) is 28.8 Å². The normalized spacial score (nSPS) is 11.9. The van der Waals surface area contributed by atoms with E-state index in [-0.39, 0.29) is 0 Å². The van der Waals surface area contributed by atoms with Crippen LogP contribution in [0.2, 0.25) is 0 Å². The van der Waals surface area contributed by atoms with E-state index >= 15 is 0 Å². The van der Waals surface area contributed by atoms with E-state index in [1.807, 2.05) is 7.05 Å². The van der Waals surface area contributed by atoms with Crippen molar-refractivity contribution in [2.24, 2.45) is 5.64 Å². The summed E-state index contributed by atoms with van der Waals surface area (Å²) in [7, 11) is 5.26. The van der Waals surface area contributed by atoms with Crippen LogP contribution in [0.15, 0.2) is 13.2 Å². The van der Waals surface area contributed by atoms with Crippen molar-refractivity contribution >= 4 is 55.0 Å². The molecule has 0 aromatic heterocycles. The van der Waals surface area contributed by atoms with E-state index in [1.165, 1.54) is 357 Å². The van der Waals surface area contributed by atoms with Crippen molar-refractivity contribution < 1.29 is 4.48 Å². The molecule has 1 aliphatic heterocycles. The van der Waals surface area contributed by atoms with E-state index < -0.39 is 0 Å². The molecule has 8 heteroatoms. The molecule has 0 aromatic carbocycles. The molecule has 0 atom stereocenters. The molecule has 0 radical (unpaired) electrons. The molecule has 1 heterocycles. The van der Waals surface area contributed by atoms with Crippen molar-refractivity contribution in [1.29, 1.82) is 5.31 Å². The van der Waals surface area contributed by atoms with Crippen LogP contribution < -0.4 is 11.0 Å². The van der Waals surface area contributed by atoms with Crippen LogP contribution in [0.3, 0.4) is 0 Å². The van der Waals surface area contributed by atoms with Gasteiger partial charge in [-0.15, -0.1) is 13.2 Å². The fourth-order valence-corrected chi connectivity index (χ4v) is 10.7. The third-order valence-electron chi connectivity index (χ3n) is 14.4. The topological polar surface area (TPSA) is 61.9 Å². The maximum absolute atomic E-state index is 5.86. The summed E-state index contributed by atoms with van der Waals surface area (Å²) in [4.78, 5) is 0. The second-order valence-electron chi connectivity index (χ2n) is 22.0. The molecule has 0 saturated carbocycles. The van der Waals surface area contributed by atoms with Crippen LogP contribution in [0.1, 0.15) is 356 Å². The molecule has 0 bridgehead atoms. The van der Waals surface area contributed by atoms with Crippen LogP contribution in [0, 0.1) is 5.31 Å². The Balaban J connectivity index is -0.000000203. The van der Waals surface area contributed by atoms with E-state index in [9.17, 15) is 0 Å². The monoisotopic (exact) mass is 1240 g/mol. The summed E-state index contributed by atoms with van der Waals surface area (Å²) in [5, 5.41) is 12.5. The standard InChI is InChI=1S/C21H44N.C17H37N.C16H33Br.C6H14.C4H8Br2.C2H4.BH3N2/c1-3-4-5-6-7-8-9-10-11-12-13-14-15-16-19-22(2)20-17-18-21-22;1-3-4-5-6-7-8-9-10-11-12-13-14-15-16-17-18-2;1-2-3-4-5-6-7-8-9-10-11-12-13-14-15-16-17;1-3-5-6-4-2;5-3-1-2-4-6;1-2;2-1-3/h3-21H2,1-2H3;18H,3-17H2,1-2H3;2-16H2,1H3;3-6H2,1-2H3;1-4H2;1-2H2;2H,3H2/q+1;;;;;;. The van der Waals surface area contributed by atoms with Gasteiger partial charge in [-0.2, -0.15) is 0 Å². The first-order valence-electron chi connectivity index (χ1n) is 33.2. The van der Waals surface area contributed by atoms with Gasteiger partial charge in [-0.05, 0) is 52.1 Å². The fraction of sp³-hybridized carbons (Fsp3) is 0.970. The number of nitrogens with one attached hydrogen (secondary N) is 2. The molecule has 4 N–H and O–H groups in total. The molecule has 0 amide bonds. The van der Waals surface area contributed by atoms with Gasteiger partial charge in [0.2, 0.25) is 0 Å². The summed E-state index contributed by atoms with van der Waals surface area (Å²) in [6, 6.07) is 0. The van der Waals surface area contributed by atoms with Crippen LogP contribution >= 0.6 is 47.8 Å². The first-order chi connectivity index (χ1) is 36.3. The van der Waals surface area contributed by atoms with Crippen LogP contribution in [0.5, 0.6) is 0 Å². The predicted octanol–water partition coefficient (Wildman–Crippen LogP) is 24.5. The molecule has 4 nitrogen and oxygen atoms in total. The second kappa shape index (κ2) is 90.3. The molecule has 74 heavy (non-hydrogen) atoms. The molecule has 450 valence electrons. The van der Waals surface area contributed by atoms with Crippen molar-refractivity contribution in [2.75, 3.05) is 56.3 Å². The Labute approximate surface area is 497 Å². The molecule has 0 aliphatic carbocycles. The number of likely N-dealkylation sites (tertiary alicyclic amines) is 1. The number of hydrogen-bond acceptors (Lipinski definition) is 2. The summed E-state index contributed by atoms with van der Waals surface area (Å²) in [6.45, 7) is 22.9. The van der Waals surface area contributed by atoms with E-state index in [4.69, 9.17) is 5.31 Å². The van der Waals surface area contributed by atoms with E-state index in [0.29, 0.717) is 0 Å². The zero-order valence-corrected chi connectivity index (χ0v) is 57.2. The third-order valence-corrected chi connectivity index (χ3v) is 16.1. The number of hydrogen-bond donors (Lipinski definition) is 3. The van der Waals surface area contributed by atoms with Crippen molar-refractivity contribution in [2.45, 2.75) is 356 Å². The number of quaternary nitrogens is 1. The van der Waals surface area contributed by atoms with Gasteiger partial charge < -0.3 is 9.80 Å². The average Bonchev–Trinajstić information content (AvgIpc) is 3.86. The summed E-state index contributed by atoms with van der Waals surface area (Å²) in [5.41, 5.74) is 4.39. The average molecular weight is 1240 g/mol. The summed E-state index contributed by atoms with van der Waals surface area (Å²) >= 11 is 10.1. The van der Waals surface area contributed by atoms with Crippen molar-refractivity contribution in [1.82, 2.24) is 5.32 Å². The Kier molecular flexibility index (Phi) is 105.